The number of benzene rings is 1. The highest BCUT2D eigenvalue weighted by molar-refractivity contribution is 5.38. The number of halogens is 3. The monoisotopic (exact) mass is 282 g/mol. The Labute approximate surface area is 114 Å². The molecule has 1 aromatic carbocycles. The van der Waals surface area contributed by atoms with E-state index >= 15 is 0 Å². The third-order valence-electron chi connectivity index (χ3n) is 2.93. The highest BCUT2D eigenvalue weighted by Crippen LogP contribution is 2.31. The van der Waals surface area contributed by atoms with Crippen LogP contribution in [0.25, 0.3) is 0 Å². The molecule has 0 aliphatic carbocycles. The molecular formula is C14H13F3N2O. The molecule has 1 heterocycles. The van der Waals surface area contributed by atoms with Crippen molar-refractivity contribution in [3.05, 3.63) is 59.3 Å². The first-order valence-electron chi connectivity index (χ1n) is 5.85. The van der Waals surface area contributed by atoms with Gasteiger partial charge in [0.1, 0.15) is 0 Å². The van der Waals surface area contributed by atoms with Crippen LogP contribution in [0.3, 0.4) is 0 Å². The number of methoxy groups -OCH3 is 1. The van der Waals surface area contributed by atoms with Gasteiger partial charge in [-0.1, -0.05) is 18.2 Å². The van der Waals surface area contributed by atoms with Crippen LogP contribution >= 0.6 is 0 Å². The molecule has 0 spiro atoms. The fraction of sp³-hybridized carbons (Fsp3) is 0.214. The summed E-state index contributed by atoms with van der Waals surface area (Å²) in [5, 5.41) is 0. The Hall–Kier alpha value is -2.08. The van der Waals surface area contributed by atoms with Gasteiger partial charge in [-0.2, -0.15) is 13.2 Å². The van der Waals surface area contributed by atoms with Crippen molar-refractivity contribution in [2.24, 2.45) is 5.73 Å². The van der Waals surface area contributed by atoms with Crippen LogP contribution in [0.1, 0.15) is 22.7 Å². The second-order valence-electron chi connectivity index (χ2n) is 4.20. The summed E-state index contributed by atoms with van der Waals surface area (Å²) in [6, 6.07) is 7.58. The van der Waals surface area contributed by atoms with E-state index in [-0.39, 0.29) is 0 Å². The van der Waals surface area contributed by atoms with E-state index in [4.69, 9.17) is 10.5 Å². The fourth-order valence-electron chi connectivity index (χ4n) is 1.87. The molecule has 3 nitrogen and oxygen atoms in total. The molecular weight excluding hydrogens is 269 g/mol. The van der Waals surface area contributed by atoms with Crippen molar-refractivity contribution < 1.29 is 17.9 Å². The second-order valence-corrected chi connectivity index (χ2v) is 4.20. The minimum atomic E-state index is -4.35. The molecule has 1 unspecified atom stereocenters. The smallest absolute Gasteiger partial charge is 0.416 e. The third kappa shape index (κ3) is 2.91. The largest absolute Gasteiger partial charge is 0.481 e. The molecule has 0 bridgehead atoms. The Kier molecular flexibility index (Phi) is 3.94. The lowest BCUT2D eigenvalue weighted by Gasteiger charge is -2.16. The zero-order valence-corrected chi connectivity index (χ0v) is 10.7. The minimum Gasteiger partial charge on any atom is -0.481 e. The Morgan fingerprint density at radius 2 is 1.80 bits per heavy atom. The Morgan fingerprint density at radius 1 is 1.15 bits per heavy atom. The van der Waals surface area contributed by atoms with Crippen LogP contribution < -0.4 is 10.5 Å². The molecule has 0 aliphatic rings. The molecule has 0 fully saturated rings. The van der Waals surface area contributed by atoms with Crippen LogP contribution in [0.15, 0.2) is 42.6 Å². The number of nitrogens with zero attached hydrogens (tertiary/aromatic N) is 1. The predicted molar refractivity (Wildman–Crippen MR) is 68.3 cm³/mol. The molecule has 0 saturated carbocycles. The van der Waals surface area contributed by atoms with E-state index < -0.39 is 17.8 Å². The molecule has 1 aromatic heterocycles. The maximum Gasteiger partial charge on any atom is 0.416 e. The van der Waals surface area contributed by atoms with Crippen LogP contribution in [0.4, 0.5) is 13.2 Å². The summed E-state index contributed by atoms with van der Waals surface area (Å²) in [5.74, 6) is 0.361. The van der Waals surface area contributed by atoms with Gasteiger partial charge in [0.2, 0.25) is 5.88 Å². The van der Waals surface area contributed by atoms with Gasteiger partial charge in [0.15, 0.2) is 0 Å². The summed E-state index contributed by atoms with van der Waals surface area (Å²) in [5.41, 5.74) is 6.53. The van der Waals surface area contributed by atoms with Gasteiger partial charge < -0.3 is 10.5 Å². The summed E-state index contributed by atoms with van der Waals surface area (Å²) in [6.07, 6.45) is -2.80. The molecule has 0 amide bonds. The number of aromatic nitrogens is 1. The molecule has 20 heavy (non-hydrogen) atoms. The van der Waals surface area contributed by atoms with Crippen LogP contribution in [-0.2, 0) is 6.18 Å². The lowest BCUT2D eigenvalue weighted by atomic mass is 9.99. The van der Waals surface area contributed by atoms with Crippen LogP contribution in [0, 0.1) is 0 Å². The number of pyridine rings is 1. The summed E-state index contributed by atoms with van der Waals surface area (Å²) in [4.78, 5) is 4.02. The highest BCUT2D eigenvalue weighted by Gasteiger charge is 2.30. The lowest BCUT2D eigenvalue weighted by molar-refractivity contribution is -0.137. The van der Waals surface area contributed by atoms with Gasteiger partial charge in [-0.25, -0.2) is 4.98 Å². The summed E-state index contributed by atoms with van der Waals surface area (Å²) in [6.45, 7) is 0. The topological polar surface area (TPSA) is 48.1 Å². The van der Waals surface area contributed by atoms with Crippen molar-refractivity contribution in [1.82, 2.24) is 4.98 Å². The molecule has 2 aromatic rings. The maximum absolute atomic E-state index is 12.5. The minimum absolute atomic E-state index is 0.361. The molecule has 2 rings (SSSR count). The van der Waals surface area contributed by atoms with Gasteiger partial charge in [0, 0.05) is 11.8 Å². The van der Waals surface area contributed by atoms with Gasteiger partial charge in [0.25, 0.3) is 0 Å². The van der Waals surface area contributed by atoms with Gasteiger partial charge in [-0.15, -0.1) is 0 Å². The first kappa shape index (κ1) is 14.3. The first-order valence-corrected chi connectivity index (χ1v) is 5.85. The zero-order valence-electron chi connectivity index (χ0n) is 10.7. The summed E-state index contributed by atoms with van der Waals surface area (Å²) >= 11 is 0. The summed E-state index contributed by atoms with van der Waals surface area (Å²) in [7, 11) is 1.46. The standard InChI is InChI=1S/C14H13F3N2O/c1-20-13-11(3-2-8-19-13)12(18)9-4-6-10(7-5-9)14(15,16)17/h2-8,12H,18H2,1H3. The fourth-order valence-corrected chi connectivity index (χ4v) is 1.87. The van der Waals surface area contributed by atoms with E-state index in [0.717, 1.165) is 12.1 Å². The quantitative estimate of drug-likeness (QED) is 0.940. The normalized spacial score (nSPS) is 13.1. The zero-order chi connectivity index (χ0) is 14.8. The van der Waals surface area contributed by atoms with Gasteiger partial charge >= 0.3 is 6.18 Å². The van der Waals surface area contributed by atoms with Gasteiger partial charge in [-0.05, 0) is 23.8 Å². The van der Waals surface area contributed by atoms with E-state index in [0.29, 0.717) is 17.0 Å². The van der Waals surface area contributed by atoms with Crippen molar-refractivity contribution in [1.29, 1.82) is 0 Å². The number of hydrogen-bond donors (Lipinski definition) is 1. The Morgan fingerprint density at radius 3 is 2.35 bits per heavy atom. The van der Waals surface area contributed by atoms with Crippen molar-refractivity contribution in [3.8, 4) is 5.88 Å². The second kappa shape index (κ2) is 5.50. The van der Waals surface area contributed by atoms with Crippen molar-refractivity contribution in [2.75, 3.05) is 7.11 Å². The molecule has 106 valence electrons. The number of nitrogens with two attached hydrogens (primary N) is 1. The number of ether oxygens (including phenoxy) is 1. The molecule has 0 radical (unpaired) electrons. The predicted octanol–water partition coefficient (Wildman–Crippen LogP) is 3.16. The molecule has 2 N–H and O–H groups in total. The van der Waals surface area contributed by atoms with Crippen LogP contribution in [0.5, 0.6) is 5.88 Å². The highest BCUT2D eigenvalue weighted by atomic mass is 19.4. The number of rotatable bonds is 3. The number of alkyl halides is 3. The lowest BCUT2D eigenvalue weighted by Crippen LogP contribution is -2.14. The van der Waals surface area contributed by atoms with Gasteiger partial charge in [-0.3, -0.25) is 0 Å². The summed E-state index contributed by atoms with van der Waals surface area (Å²) < 4.78 is 42.6. The van der Waals surface area contributed by atoms with Crippen molar-refractivity contribution >= 4 is 0 Å². The molecule has 0 aliphatic heterocycles. The first-order chi connectivity index (χ1) is 9.43. The Bertz CT molecular complexity index is 582. The van der Waals surface area contributed by atoms with Crippen molar-refractivity contribution in [3.63, 3.8) is 0 Å². The molecule has 6 heteroatoms. The van der Waals surface area contributed by atoms with Crippen LogP contribution in [0.2, 0.25) is 0 Å². The van der Waals surface area contributed by atoms with E-state index in [1.54, 1.807) is 18.3 Å². The average Bonchev–Trinajstić information content (AvgIpc) is 2.45. The van der Waals surface area contributed by atoms with Crippen LogP contribution in [-0.4, -0.2) is 12.1 Å². The van der Waals surface area contributed by atoms with E-state index in [2.05, 4.69) is 4.98 Å². The maximum atomic E-state index is 12.5. The van der Waals surface area contributed by atoms with Gasteiger partial charge in [0.05, 0.1) is 18.7 Å². The Balaban J connectivity index is 2.32. The average molecular weight is 282 g/mol. The van der Waals surface area contributed by atoms with E-state index in [1.807, 2.05) is 0 Å². The molecule has 0 saturated heterocycles. The van der Waals surface area contributed by atoms with E-state index in [9.17, 15) is 13.2 Å². The SMILES string of the molecule is COc1ncccc1C(N)c1ccc(C(F)(F)F)cc1. The third-order valence-corrected chi connectivity index (χ3v) is 2.93. The number of hydrogen-bond acceptors (Lipinski definition) is 3. The van der Waals surface area contributed by atoms with E-state index in [1.165, 1.54) is 19.2 Å². The molecule has 1 atom stereocenters. The van der Waals surface area contributed by atoms with Crippen molar-refractivity contribution in [2.45, 2.75) is 12.2 Å².